The first-order valence-electron chi connectivity index (χ1n) is 5.21. The minimum atomic E-state index is -1.02. The first-order valence-corrected chi connectivity index (χ1v) is 5.59. The summed E-state index contributed by atoms with van der Waals surface area (Å²) in [6, 6.07) is 7.35. The largest absolute Gasteiger partial charge is 0.478 e. The highest BCUT2D eigenvalue weighted by molar-refractivity contribution is 6.35. The van der Waals surface area contributed by atoms with E-state index in [-0.39, 0.29) is 5.56 Å². The van der Waals surface area contributed by atoms with Gasteiger partial charge in [-0.1, -0.05) is 23.7 Å². The monoisotopic (exact) mass is 261 g/mol. The van der Waals surface area contributed by atoms with Gasteiger partial charge in [-0.05, 0) is 12.1 Å². The van der Waals surface area contributed by atoms with Crippen molar-refractivity contribution in [3.05, 3.63) is 41.0 Å². The zero-order valence-corrected chi connectivity index (χ0v) is 9.82. The molecule has 0 spiro atoms. The first kappa shape index (κ1) is 10.9. The molecule has 1 aromatic carbocycles. The zero-order valence-electron chi connectivity index (χ0n) is 9.07. The van der Waals surface area contributed by atoms with Gasteiger partial charge in [-0.25, -0.2) is 4.79 Å². The van der Waals surface area contributed by atoms with Crippen molar-refractivity contribution in [3.63, 3.8) is 0 Å². The minimum absolute atomic E-state index is 0.123. The maximum atomic E-state index is 11.0. The molecule has 0 amide bonds. The normalized spacial score (nSPS) is 10.9. The van der Waals surface area contributed by atoms with Gasteiger partial charge in [0, 0.05) is 5.39 Å². The van der Waals surface area contributed by atoms with Crippen molar-refractivity contribution < 1.29 is 9.90 Å². The highest BCUT2D eigenvalue weighted by atomic mass is 35.5. The topological polar surface area (TPSA) is 81.8 Å². The Labute approximate surface area is 106 Å². The molecule has 0 fully saturated rings. The molecule has 3 aromatic rings. The predicted molar refractivity (Wildman–Crippen MR) is 67.8 cm³/mol. The van der Waals surface area contributed by atoms with Gasteiger partial charge in [-0.2, -0.15) is 5.10 Å². The van der Waals surface area contributed by atoms with Crippen LogP contribution in [-0.4, -0.2) is 26.3 Å². The third kappa shape index (κ3) is 1.56. The number of aromatic nitrogens is 3. The molecule has 0 unspecified atom stereocenters. The second-order valence-corrected chi connectivity index (χ2v) is 4.26. The molecule has 3 N–H and O–H groups in total. The summed E-state index contributed by atoms with van der Waals surface area (Å²) in [6.45, 7) is 0. The van der Waals surface area contributed by atoms with E-state index < -0.39 is 5.97 Å². The van der Waals surface area contributed by atoms with E-state index in [1.54, 1.807) is 6.07 Å². The molecule has 0 saturated carbocycles. The van der Waals surface area contributed by atoms with Crippen LogP contribution in [0.5, 0.6) is 0 Å². The van der Waals surface area contributed by atoms with Crippen molar-refractivity contribution in [2.45, 2.75) is 0 Å². The lowest BCUT2D eigenvalue weighted by molar-refractivity contribution is 0.0698. The molecule has 18 heavy (non-hydrogen) atoms. The number of rotatable bonds is 2. The van der Waals surface area contributed by atoms with Crippen molar-refractivity contribution in [1.29, 1.82) is 0 Å². The Hall–Kier alpha value is -2.27. The van der Waals surface area contributed by atoms with Gasteiger partial charge in [0.2, 0.25) is 0 Å². The van der Waals surface area contributed by atoms with Gasteiger partial charge in [-0.3, -0.25) is 5.10 Å². The number of aromatic carboxylic acids is 1. The third-order valence-electron chi connectivity index (χ3n) is 2.74. The number of carboxylic acids is 1. The van der Waals surface area contributed by atoms with E-state index in [2.05, 4.69) is 15.2 Å². The van der Waals surface area contributed by atoms with Crippen LogP contribution in [0.15, 0.2) is 30.5 Å². The van der Waals surface area contributed by atoms with Crippen molar-refractivity contribution in [1.82, 2.24) is 15.2 Å². The minimum Gasteiger partial charge on any atom is -0.478 e. The molecule has 0 saturated heterocycles. The summed E-state index contributed by atoms with van der Waals surface area (Å²) in [5, 5.41) is 17.0. The third-order valence-corrected chi connectivity index (χ3v) is 3.06. The van der Waals surface area contributed by atoms with Gasteiger partial charge in [0.25, 0.3) is 0 Å². The summed E-state index contributed by atoms with van der Waals surface area (Å²) in [5.74, 6) is -1.02. The summed E-state index contributed by atoms with van der Waals surface area (Å²) in [4.78, 5) is 14.1. The Morgan fingerprint density at radius 3 is 2.94 bits per heavy atom. The Morgan fingerprint density at radius 1 is 1.39 bits per heavy atom. The number of H-pyrrole nitrogens is 2. The van der Waals surface area contributed by atoms with Crippen LogP contribution >= 0.6 is 11.6 Å². The summed E-state index contributed by atoms with van der Waals surface area (Å²) >= 11 is 6.06. The molecule has 0 atom stereocenters. The molecular weight excluding hydrogens is 254 g/mol. The molecular formula is C12H8ClN3O2. The van der Waals surface area contributed by atoms with Crippen LogP contribution in [0.25, 0.3) is 22.3 Å². The molecule has 5 nitrogen and oxygen atoms in total. The van der Waals surface area contributed by atoms with Crippen LogP contribution in [0.4, 0.5) is 0 Å². The van der Waals surface area contributed by atoms with Gasteiger partial charge in [0.1, 0.15) is 5.56 Å². The standard InChI is InChI=1S/C12H8ClN3O2/c13-8-3-1-2-6-4-9(15-10(6)8)11-7(12(17)18)5-14-16-11/h1-5,15H,(H,14,16)(H,17,18). The molecule has 0 aliphatic heterocycles. The Balaban J connectivity index is 2.23. The second kappa shape index (κ2) is 3.89. The second-order valence-electron chi connectivity index (χ2n) is 3.85. The number of fused-ring (bicyclic) bond motifs is 1. The number of hydrogen-bond donors (Lipinski definition) is 3. The van der Waals surface area contributed by atoms with Crippen molar-refractivity contribution in [2.75, 3.05) is 0 Å². The SMILES string of the molecule is O=C(O)c1cn[nH]c1-c1cc2cccc(Cl)c2[nH]1. The maximum absolute atomic E-state index is 11.0. The molecule has 6 heteroatoms. The molecule has 0 aliphatic rings. The Bertz CT molecular complexity index is 745. The predicted octanol–water partition coefficient (Wildman–Crippen LogP) is 2.91. The maximum Gasteiger partial charge on any atom is 0.339 e. The quantitative estimate of drug-likeness (QED) is 0.663. The number of nitrogens with one attached hydrogen (secondary N) is 2. The molecule has 3 rings (SSSR count). The van der Waals surface area contributed by atoms with E-state index in [1.807, 2.05) is 18.2 Å². The van der Waals surface area contributed by atoms with Crippen LogP contribution in [0.3, 0.4) is 0 Å². The van der Waals surface area contributed by atoms with Gasteiger partial charge >= 0.3 is 5.97 Å². The van der Waals surface area contributed by atoms with E-state index in [4.69, 9.17) is 16.7 Å². The lowest BCUT2D eigenvalue weighted by Crippen LogP contribution is -1.96. The number of aromatic amines is 2. The summed E-state index contributed by atoms with van der Waals surface area (Å²) < 4.78 is 0. The Morgan fingerprint density at radius 2 is 2.22 bits per heavy atom. The average Bonchev–Trinajstić information content (AvgIpc) is 2.95. The van der Waals surface area contributed by atoms with Gasteiger partial charge < -0.3 is 10.1 Å². The number of benzene rings is 1. The summed E-state index contributed by atoms with van der Waals surface area (Å²) in [7, 11) is 0. The number of nitrogens with zero attached hydrogens (tertiary/aromatic N) is 1. The van der Waals surface area contributed by atoms with Crippen LogP contribution in [0, 0.1) is 0 Å². The summed E-state index contributed by atoms with van der Waals surface area (Å²) in [6.07, 6.45) is 1.28. The van der Waals surface area contributed by atoms with Crippen molar-refractivity contribution in [2.24, 2.45) is 0 Å². The van der Waals surface area contributed by atoms with E-state index in [1.165, 1.54) is 6.20 Å². The van der Waals surface area contributed by atoms with Crippen LogP contribution < -0.4 is 0 Å². The number of para-hydroxylation sites is 1. The number of carbonyl (C=O) groups is 1. The number of hydrogen-bond acceptors (Lipinski definition) is 2. The van der Waals surface area contributed by atoms with Gasteiger partial charge in [-0.15, -0.1) is 0 Å². The van der Waals surface area contributed by atoms with Crippen LogP contribution in [0.2, 0.25) is 5.02 Å². The number of halogens is 1. The van der Waals surface area contributed by atoms with Crippen molar-refractivity contribution in [3.8, 4) is 11.4 Å². The van der Waals surface area contributed by atoms with Gasteiger partial charge in [0.05, 0.1) is 28.1 Å². The fourth-order valence-corrected chi connectivity index (χ4v) is 2.14. The highest BCUT2D eigenvalue weighted by Crippen LogP contribution is 2.29. The van der Waals surface area contributed by atoms with E-state index in [9.17, 15) is 4.79 Å². The average molecular weight is 262 g/mol. The lowest BCUT2D eigenvalue weighted by atomic mass is 10.2. The first-order chi connectivity index (χ1) is 8.66. The Kier molecular flexibility index (Phi) is 2.34. The molecule has 2 aromatic heterocycles. The molecule has 90 valence electrons. The molecule has 0 radical (unpaired) electrons. The molecule has 0 aliphatic carbocycles. The fourth-order valence-electron chi connectivity index (χ4n) is 1.91. The molecule has 0 bridgehead atoms. The van der Waals surface area contributed by atoms with Gasteiger partial charge in [0.15, 0.2) is 0 Å². The van der Waals surface area contributed by atoms with E-state index in [0.717, 1.165) is 10.9 Å². The van der Waals surface area contributed by atoms with Crippen LogP contribution in [0.1, 0.15) is 10.4 Å². The van der Waals surface area contributed by atoms with E-state index >= 15 is 0 Å². The van der Waals surface area contributed by atoms with E-state index in [0.29, 0.717) is 16.4 Å². The number of carboxylic acid groups (broad SMARTS) is 1. The zero-order chi connectivity index (χ0) is 12.7. The molecule has 2 heterocycles. The van der Waals surface area contributed by atoms with Crippen LogP contribution in [-0.2, 0) is 0 Å². The highest BCUT2D eigenvalue weighted by Gasteiger charge is 2.16. The van der Waals surface area contributed by atoms with Crippen molar-refractivity contribution >= 4 is 28.5 Å². The lowest BCUT2D eigenvalue weighted by Gasteiger charge is -1.95. The summed E-state index contributed by atoms with van der Waals surface area (Å²) in [5.41, 5.74) is 1.99. The smallest absolute Gasteiger partial charge is 0.339 e. The fraction of sp³-hybridized carbons (Fsp3) is 0.